The van der Waals surface area contributed by atoms with Crippen LogP contribution in [0.5, 0.6) is 0 Å². The highest BCUT2D eigenvalue weighted by Gasteiger charge is 2.32. The second kappa shape index (κ2) is 8.05. The number of hydrogen-bond donors (Lipinski definition) is 5. The second-order valence-corrected chi connectivity index (χ2v) is 9.35. The van der Waals surface area contributed by atoms with Gasteiger partial charge in [-0.1, -0.05) is 18.2 Å². The van der Waals surface area contributed by atoms with E-state index >= 15 is 0 Å². The molecule has 10 heteroatoms. The van der Waals surface area contributed by atoms with E-state index in [-0.39, 0.29) is 15.8 Å². The van der Waals surface area contributed by atoms with Crippen molar-refractivity contribution in [3.63, 3.8) is 0 Å². The lowest BCUT2D eigenvalue weighted by Crippen LogP contribution is -2.18. The molecular formula is C20H23N5O4S. The van der Waals surface area contributed by atoms with Crippen molar-refractivity contribution in [2.45, 2.75) is 47.8 Å². The molecule has 9 nitrogen and oxygen atoms in total. The van der Waals surface area contributed by atoms with Crippen LogP contribution in [0.25, 0.3) is 0 Å². The van der Waals surface area contributed by atoms with E-state index in [9.17, 15) is 18.6 Å². The summed E-state index contributed by atoms with van der Waals surface area (Å²) < 4.78 is 26.3. The quantitative estimate of drug-likeness (QED) is 0.401. The second-order valence-electron chi connectivity index (χ2n) is 7.40. The van der Waals surface area contributed by atoms with Crippen molar-refractivity contribution in [2.75, 3.05) is 10.6 Å². The third-order valence-electron chi connectivity index (χ3n) is 4.97. The number of H-pyrrole nitrogens is 1. The summed E-state index contributed by atoms with van der Waals surface area (Å²) in [6.45, 7) is 1.85. The van der Waals surface area contributed by atoms with E-state index in [0.29, 0.717) is 30.3 Å². The maximum absolute atomic E-state index is 13.2. The number of pyridine rings is 1. The van der Waals surface area contributed by atoms with Crippen molar-refractivity contribution in [1.82, 2.24) is 15.2 Å². The number of aliphatic hydroxyl groups is 2. The SMILES string of the molecule is Cc1cc(Nc2cc(S(=O)(=O)c3ccccc3)cc(NC3C[C@@H](O)[C@H](O)C3)n2)n[nH]1. The monoisotopic (exact) mass is 429 g/mol. The number of nitrogens with zero attached hydrogens (tertiary/aromatic N) is 2. The van der Waals surface area contributed by atoms with Crippen LogP contribution in [-0.2, 0) is 9.84 Å². The van der Waals surface area contributed by atoms with Gasteiger partial charge in [-0.25, -0.2) is 13.4 Å². The molecule has 0 spiro atoms. The topological polar surface area (TPSA) is 140 Å². The number of aryl methyl sites for hydroxylation is 1. The van der Waals surface area contributed by atoms with Crippen LogP contribution >= 0.6 is 0 Å². The number of rotatable bonds is 6. The summed E-state index contributed by atoms with van der Waals surface area (Å²) in [4.78, 5) is 4.70. The highest BCUT2D eigenvalue weighted by atomic mass is 32.2. The van der Waals surface area contributed by atoms with Gasteiger partial charge in [0.15, 0.2) is 5.82 Å². The lowest BCUT2D eigenvalue weighted by Gasteiger charge is -2.16. The van der Waals surface area contributed by atoms with Crippen molar-refractivity contribution in [1.29, 1.82) is 0 Å². The molecule has 0 unspecified atom stereocenters. The molecule has 1 saturated carbocycles. The molecule has 1 fully saturated rings. The van der Waals surface area contributed by atoms with E-state index in [4.69, 9.17) is 0 Å². The fraction of sp³-hybridized carbons (Fsp3) is 0.300. The van der Waals surface area contributed by atoms with E-state index < -0.39 is 22.0 Å². The summed E-state index contributed by atoms with van der Waals surface area (Å²) in [7, 11) is -3.77. The number of anilines is 3. The Bertz CT molecular complexity index is 1120. The maximum atomic E-state index is 13.2. The molecule has 5 N–H and O–H groups in total. The molecule has 0 saturated heterocycles. The van der Waals surface area contributed by atoms with E-state index in [2.05, 4.69) is 25.8 Å². The van der Waals surface area contributed by atoms with E-state index in [1.807, 2.05) is 6.92 Å². The molecule has 2 atom stereocenters. The molecular weight excluding hydrogens is 406 g/mol. The third-order valence-corrected chi connectivity index (χ3v) is 6.72. The number of sulfone groups is 1. The molecule has 3 aromatic rings. The Morgan fingerprint density at radius 2 is 1.63 bits per heavy atom. The van der Waals surface area contributed by atoms with Gasteiger partial charge in [0.25, 0.3) is 0 Å². The first-order valence-electron chi connectivity index (χ1n) is 9.55. The van der Waals surface area contributed by atoms with Gasteiger partial charge in [-0.15, -0.1) is 0 Å². The van der Waals surface area contributed by atoms with Crippen molar-refractivity contribution in [3.05, 3.63) is 54.2 Å². The van der Waals surface area contributed by atoms with Crippen molar-refractivity contribution >= 4 is 27.3 Å². The number of benzene rings is 1. The first-order valence-corrected chi connectivity index (χ1v) is 11.0. The van der Waals surface area contributed by atoms with Gasteiger partial charge in [-0.05, 0) is 38.0 Å². The summed E-state index contributed by atoms with van der Waals surface area (Å²) in [5.41, 5.74) is 0.845. The van der Waals surface area contributed by atoms with Crippen molar-refractivity contribution in [2.24, 2.45) is 0 Å². The van der Waals surface area contributed by atoms with Crippen LogP contribution in [0.3, 0.4) is 0 Å². The van der Waals surface area contributed by atoms with Crippen LogP contribution < -0.4 is 10.6 Å². The summed E-state index contributed by atoms with van der Waals surface area (Å²) in [5, 5.41) is 32.7. The minimum absolute atomic E-state index is 0.0695. The minimum Gasteiger partial charge on any atom is -0.390 e. The van der Waals surface area contributed by atoms with Gasteiger partial charge in [0.2, 0.25) is 9.84 Å². The molecule has 1 aliphatic carbocycles. The summed E-state index contributed by atoms with van der Waals surface area (Å²) in [6, 6.07) is 12.6. The van der Waals surface area contributed by atoms with Crippen LogP contribution in [0.15, 0.2) is 58.3 Å². The fourth-order valence-electron chi connectivity index (χ4n) is 3.47. The lowest BCUT2D eigenvalue weighted by molar-refractivity contribution is 0.0438. The number of hydrogen-bond acceptors (Lipinski definition) is 8. The van der Waals surface area contributed by atoms with Gasteiger partial charge in [-0.3, -0.25) is 5.10 Å². The Labute approximate surface area is 174 Å². The summed E-state index contributed by atoms with van der Waals surface area (Å²) in [5.74, 6) is 1.14. The zero-order valence-electron chi connectivity index (χ0n) is 16.3. The molecule has 0 amide bonds. The summed E-state index contributed by atoms with van der Waals surface area (Å²) >= 11 is 0. The van der Waals surface area contributed by atoms with Gasteiger partial charge in [0.05, 0.1) is 22.0 Å². The molecule has 30 heavy (non-hydrogen) atoms. The first kappa shape index (κ1) is 20.3. The van der Waals surface area contributed by atoms with E-state index in [1.54, 1.807) is 24.3 Å². The molecule has 2 aromatic heterocycles. The smallest absolute Gasteiger partial charge is 0.206 e. The third kappa shape index (κ3) is 4.30. The van der Waals surface area contributed by atoms with Crippen LogP contribution in [0.4, 0.5) is 17.5 Å². The highest BCUT2D eigenvalue weighted by molar-refractivity contribution is 7.91. The van der Waals surface area contributed by atoms with E-state index in [1.165, 1.54) is 24.3 Å². The molecule has 0 aliphatic heterocycles. The zero-order valence-corrected chi connectivity index (χ0v) is 17.1. The largest absolute Gasteiger partial charge is 0.390 e. The van der Waals surface area contributed by atoms with Crippen molar-refractivity contribution in [3.8, 4) is 0 Å². The number of aromatic nitrogens is 3. The fourth-order valence-corrected chi connectivity index (χ4v) is 4.79. The van der Waals surface area contributed by atoms with Gasteiger partial charge < -0.3 is 20.8 Å². The number of aromatic amines is 1. The van der Waals surface area contributed by atoms with E-state index in [0.717, 1.165) is 5.69 Å². The Morgan fingerprint density at radius 3 is 2.27 bits per heavy atom. The maximum Gasteiger partial charge on any atom is 0.206 e. The Kier molecular flexibility index (Phi) is 5.46. The van der Waals surface area contributed by atoms with Crippen molar-refractivity contribution < 1.29 is 18.6 Å². The molecule has 1 aromatic carbocycles. The van der Waals surface area contributed by atoms with Gasteiger partial charge >= 0.3 is 0 Å². The molecule has 0 bridgehead atoms. The molecule has 158 valence electrons. The predicted molar refractivity (Wildman–Crippen MR) is 111 cm³/mol. The van der Waals surface area contributed by atoms with Crippen LogP contribution in [0.1, 0.15) is 18.5 Å². The lowest BCUT2D eigenvalue weighted by atomic mass is 10.2. The molecule has 4 rings (SSSR count). The zero-order chi connectivity index (χ0) is 21.3. The average Bonchev–Trinajstić information content (AvgIpc) is 3.26. The van der Waals surface area contributed by atoms with Crippen LogP contribution in [0.2, 0.25) is 0 Å². The van der Waals surface area contributed by atoms with Crippen LogP contribution in [-0.4, -0.2) is 52.1 Å². The Hall–Kier alpha value is -2.95. The summed E-state index contributed by atoms with van der Waals surface area (Å²) in [6.07, 6.45) is -0.939. The first-order chi connectivity index (χ1) is 14.3. The molecule has 1 aliphatic rings. The van der Waals surface area contributed by atoms with Crippen LogP contribution in [0, 0.1) is 6.92 Å². The minimum atomic E-state index is -3.77. The molecule has 0 radical (unpaired) electrons. The standard InChI is InChI=1S/C20H23N5O4S/c1-12-7-20(25-24-12)23-19-11-15(30(28,29)14-5-3-2-4-6-14)10-18(22-19)21-13-8-16(26)17(27)9-13/h2-7,10-11,13,16-17,26-27H,8-9H2,1H3,(H3,21,22,23,24,25)/t16-,17-/m1/s1. The highest BCUT2D eigenvalue weighted by Crippen LogP contribution is 2.29. The van der Waals surface area contributed by atoms with Gasteiger partial charge in [-0.2, -0.15) is 5.10 Å². The van der Waals surface area contributed by atoms with Gasteiger partial charge in [0, 0.05) is 23.9 Å². The van der Waals surface area contributed by atoms with Gasteiger partial charge in [0.1, 0.15) is 11.6 Å². The average molecular weight is 430 g/mol. The Morgan fingerprint density at radius 1 is 0.967 bits per heavy atom. The Balaban J connectivity index is 1.70. The number of aliphatic hydroxyl groups excluding tert-OH is 2. The normalized spacial score (nSPS) is 19.7. The number of nitrogens with one attached hydrogen (secondary N) is 3. The predicted octanol–water partition coefficient (Wildman–Crippen LogP) is 1.99. The molecule has 2 heterocycles.